The summed E-state index contributed by atoms with van der Waals surface area (Å²) in [5.74, 6) is 0.782. The first kappa shape index (κ1) is 31.9. The summed E-state index contributed by atoms with van der Waals surface area (Å²) >= 11 is 0. The molecule has 0 unspecified atom stereocenters. The smallest absolute Gasteiger partial charge is 0.191 e. The number of carbonyl (C=O) groups is 2. The molecule has 0 saturated carbocycles. The Balaban J connectivity index is 1.61. The highest BCUT2D eigenvalue weighted by Crippen LogP contribution is 2.61. The minimum atomic E-state index is -1.57. The fourth-order valence-corrected chi connectivity index (χ4v) is 7.45. The normalized spacial score (nSPS) is 15.1. The molecule has 1 heterocycles. The monoisotopic (exact) mass is 660 g/mol. The number of allylic oxidation sites excluding steroid dienone is 1. The van der Waals surface area contributed by atoms with E-state index in [1.165, 1.54) is 0 Å². The van der Waals surface area contributed by atoms with Crippen LogP contribution in [0.25, 0.3) is 28.2 Å². The standard InChI is InChI=1S/C48H36O3/c1-31-19-25-35(26-20-31)44(49)42-40(34-13-7-4-8-14-34)41-43(46(36-15-9-5-10-16-36)51-45(41)37-27-21-32(2)22-28-37)48(42,39-17-11-6-12-18-39)47(50)38-29-23-33(3)24-30-38/h4-30H,1-3H3/t48-/m1/s1. The van der Waals surface area contributed by atoms with Crippen molar-refractivity contribution in [1.29, 1.82) is 0 Å². The van der Waals surface area contributed by atoms with Gasteiger partial charge in [0, 0.05) is 44.5 Å². The van der Waals surface area contributed by atoms with E-state index in [1.54, 1.807) is 0 Å². The van der Waals surface area contributed by atoms with Crippen LogP contribution in [0.4, 0.5) is 0 Å². The summed E-state index contributed by atoms with van der Waals surface area (Å²) in [4.78, 5) is 31.6. The van der Waals surface area contributed by atoms with E-state index in [0.717, 1.165) is 38.9 Å². The minimum absolute atomic E-state index is 0.190. The number of ketones is 2. The highest BCUT2D eigenvalue weighted by atomic mass is 16.3. The lowest BCUT2D eigenvalue weighted by molar-refractivity contribution is 0.0903. The average molecular weight is 661 g/mol. The lowest BCUT2D eigenvalue weighted by atomic mass is 9.64. The van der Waals surface area contributed by atoms with Crippen LogP contribution in [0.15, 0.2) is 174 Å². The number of aryl methyl sites for hydroxylation is 3. The van der Waals surface area contributed by atoms with Gasteiger partial charge in [0.1, 0.15) is 16.9 Å². The number of carbonyl (C=O) groups excluding carboxylic acids is 2. The lowest BCUT2D eigenvalue weighted by Gasteiger charge is -2.33. The largest absolute Gasteiger partial charge is 0.455 e. The van der Waals surface area contributed by atoms with Gasteiger partial charge >= 0.3 is 0 Å². The molecule has 1 aromatic heterocycles. The second-order valence-electron chi connectivity index (χ2n) is 13.4. The van der Waals surface area contributed by atoms with Crippen molar-refractivity contribution in [3.63, 3.8) is 0 Å². The quantitative estimate of drug-likeness (QED) is 0.152. The van der Waals surface area contributed by atoms with Crippen LogP contribution in [0.3, 0.4) is 0 Å². The summed E-state index contributed by atoms with van der Waals surface area (Å²) in [5.41, 5.74) is 8.41. The number of furan rings is 1. The van der Waals surface area contributed by atoms with Gasteiger partial charge in [-0.1, -0.05) is 180 Å². The molecule has 0 bridgehead atoms. The van der Waals surface area contributed by atoms with Crippen LogP contribution in [-0.4, -0.2) is 11.6 Å². The van der Waals surface area contributed by atoms with Crippen LogP contribution in [-0.2, 0) is 5.41 Å². The Kier molecular flexibility index (Phi) is 8.04. The van der Waals surface area contributed by atoms with E-state index in [9.17, 15) is 0 Å². The predicted octanol–water partition coefficient (Wildman–Crippen LogP) is 11.4. The summed E-state index contributed by atoms with van der Waals surface area (Å²) in [5, 5.41) is 0. The SMILES string of the molecule is Cc1ccc(C(=O)C2=C(c3ccccc3)c3c(-c4ccc(C)cc4)oc(-c4ccccc4)c3[C@@]2(C(=O)c2ccc(C)cc2)c2ccccc2)cc1. The van der Waals surface area contributed by atoms with Crippen molar-refractivity contribution in [2.75, 3.05) is 0 Å². The maximum absolute atomic E-state index is 16.0. The van der Waals surface area contributed by atoms with Crippen LogP contribution >= 0.6 is 0 Å². The molecule has 0 fully saturated rings. The lowest BCUT2D eigenvalue weighted by Crippen LogP contribution is -2.40. The molecule has 0 N–H and O–H groups in total. The molecule has 0 spiro atoms. The van der Waals surface area contributed by atoms with Gasteiger partial charge in [-0.3, -0.25) is 9.59 Å². The summed E-state index contributed by atoms with van der Waals surface area (Å²) < 4.78 is 7.09. The average Bonchev–Trinajstić information content (AvgIpc) is 3.71. The molecule has 0 radical (unpaired) electrons. The van der Waals surface area contributed by atoms with E-state index in [0.29, 0.717) is 44.9 Å². The zero-order chi connectivity index (χ0) is 35.1. The van der Waals surface area contributed by atoms with Gasteiger partial charge in [0.05, 0.1) is 0 Å². The first-order valence-corrected chi connectivity index (χ1v) is 17.3. The first-order chi connectivity index (χ1) is 24.9. The van der Waals surface area contributed by atoms with Gasteiger partial charge in [0.2, 0.25) is 0 Å². The van der Waals surface area contributed by atoms with E-state index in [2.05, 4.69) is 31.2 Å². The molecule has 3 heteroatoms. The third-order valence-corrected chi connectivity index (χ3v) is 9.97. The Morgan fingerprint density at radius 1 is 0.471 bits per heavy atom. The van der Waals surface area contributed by atoms with Gasteiger partial charge in [-0.2, -0.15) is 0 Å². The molecule has 51 heavy (non-hydrogen) atoms. The van der Waals surface area contributed by atoms with Gasteiger partial charge in [0.15, 0.2) is 11.6 Å². The van der Waals surface area contributed by atoms with E-state index in [1.807, 2.05) is 153 Å². The number of hydrogen-bond acceptors (Lipinski definition) is 3. The fourth-order valence-electron chi connectivity index (χ4n) is 7.45. The Labute approximate surface area is 298 Å². The number of benzene rings is 6. The molecule has 0 amide bonds. The van der Waals surface area contributed by atoms with Gasteiger partial charge in [-0.05, 0) is 31.9 Å². The van der Waals surface area contributed by atoms with Crippen molar-refractivity contribution in [3.8, 4) is 22.6 Å². The van der Waals surface area contributed by atoms with Crippen LogP contribution < -0.4 is 0 Å². The first-order valence-electron chi connectivity index (χ1n) is 17.3. The summed E-state index contributed by atoms with van der Waals surface area (Å²) in [7, 11) is 0. The van der Waals surface area contributed by atoms with Crippen molar-refractivity contribution in [3.05, 3.63) is 219 Å². The summed E-state index contributed by atoms with van der Waals surface area (Å²) in [6.45, 7) is 6.07. The minimum Gasteiger partial charge on any atom is -0.455 e. The van der Waals surface area contributed by atoms with Crippen molar-refractivity contribution in [1.82, 2.24) is 0 Å². The Bertz CT molecular complexity index is 2420. The van der Waals surface area contributed by atoms with Crippen molar-refractivity contribution >= 4 is 17.1 Å². The molecule has 0 aliphatic heterocycles. The highest BCUT2D eigenvalue weighted by molar-refractivity contribution is 6.28. The third kappa shape index (κ3) is 5.30. The maximum Gasteiger partial charge on any atom is 0.191 e. The van der Waals surface area contributed by atoms with Gasteiger partial charge in [0.25, 0.3) is 0 Å². The molecule has 3 nitrogen and oxygen atoms in total. The highest BCUT2D eigenvalue weighted by Gasteiger charge is 2.58. The molecule has 246 valence electrons. The summed E-state index contributed by atoms with van der Waals surface area (Å²) in [6, 6.07) is 53.2. The van der Waals surface area contributed by atoms with Crippen LogP contribution in [0.5, 0.6) is 0 Å². The maximum atomic E-state index is 16.0. The molecule has 8 rings (SSSR count). The van der Waals surface area contributed by atoms with Gasteiger partial charge in [-0.25, -0.2) is 0 Å². The van der Waals surface area contributed by atoms with Crippen LogP contribution in [0.2, 0.25) is 0 Å². The van der Waals surface area contributed by atoms with Crippen molar-refractivity contribution < 1.29 is 14.0 Å². The second kappa shape index (κ2) is 12.9. The topological polar surface area (TPSA) is 47.3 Å². The van der Waals surface area contributed by atoms with E-state index >= 15 is 9.59 Å². The van der Waals surface area contributed by atoms with E-state index < -0.39 is 5.41 Å². The Hall–Kier alpha value is -6.32. The van der Waals surface area contributed by atoms with Crippen molar-refractivity contribution in [2.24, 2.45) is 0 Å². The van der Waals surface area contributed by atoms with Gasteiger partial charge < -0.3 is 4.42 Å². The van der Waals surface area contributed by atoms with Gasteiger partial charge in [-0.15, -0.1) is 0 Å². The molecular formula is C48H36O3. The van der Waals surface area contributed by atoms with Crippen molar-refractivity contribution in [2.45, 2.75) is 26.2 Å². The Morgan fingerprint density at radius 3 is 1.47 bits per heavy atom. The molecule has 1 aliphatic carbocycles. The zero-order valence-electron chi connectivity index (χ0n) is 28.8. The number of hydrogen-bond donors (Lipinski definition) is 0. The Morgan fingerprint density at radius 2 is 0.922 bits per heavy atom. The molecular weight excluding hydrogens is 625 g/mol. The second-order valence-corrected chi connectivity index (χ2v) is 13.4. The number of rotatable bonds is 8. The molecule has 7 aromatic rings. The fraction of sp³-hybridized carbons (Fsp3) is 0.0833. The molecule has 1 aliphatic rings. The van der Waals surface area contributed by atoms with Crippen LogP contribution in [0, 0.1) is 20.8 Å². The zero-order valence-corrected chi connectivity index (χ0v) is 28.8. The van der Waals surface area contributed by atoms with E-state index in [4.69, 9.17) is 4.42 Å². The number of fused-ring (bicyclic) bond motifs is 1. The number of Topliss-reactive ketones (excluding diaryl/α,β-unsaturated/α-hetero) is 2. The van der Waals surface area contributed by atoms with E-state index in [-0.39, 0.29) is 11.6 Å². The predicted molar refractivity (Wildman–Crippen MR) is 205 cm³/mol. The molecule has 0 saturated heterocycles. The third-order valence-electron chi connectivity index (χ3n) is 9.97. The molecule has 1 atom stereocenters. The summed E-state index contributed by atoms with van der Waals surface area (Å²) in [6.07, 6.45) is 0. The van der Waals surface area contributed by atoms with Crippen LogP contribution in [0.1, 0.15) is 59.7 Å². The molecule has 6 aromatic carbocycles.